The molecular weight excluding hydrogens is 404 g/mol. The van der Waals surface area contributed by atoms with Crippen LogP contribution in [0.25, 0.3) is 5.65 Å². The lowest BCUT2D eigenvalue weighted by Crippen LogP contribution is -2.35. The van der Waals surface area contributed by atoms with Crippen LogP contribution >= 0.6 is 0 Å². The van der Waals surface area contributed by atoms with E-state index in [-0.39, 0.29) is 6.61 Å². The Morgan fingerprint density at radius 1 is 1.09 bits per heavy atom. The summed E-state index contributed by atoms with van der Waals surface area (Å²) in [6.45, 7) is 10.4. The number of nitrogens with zero attached hydrogens (tertiary/aromatic N) is 4. The van der Waals surface area contributed by atoms with Crippen LogP contribution in [-0.4, -0.2) is 70.8 Å². The fraction of sp³-hybridized carbons (Fsp3) is 0.480. The molecule has 0 unspecified atom stereocenters. The lowest BCUT2D eigenvalue weighted by atomic mass is 10.2. The maximum atomic E-state index is 10.4. The molecule has 174 valence electrons. The van der Waals surface area contributed by atoms with Crippen molar-refractivity contribution in [2.24, 2.45) is 0 Å². The molecule has 2 aromatic heterocycles. The van der Waals surface area contributed by atoms with Gasteiger partial charge < -0.3 is 23.9 Å². The van der Waals surface area contributed by atoms with Gasteiger partial charge in [0.1, 0.15) is 18.4 Å². The average molecular weight is 441 g/mol. The summed E-state index contributed by atoms with van der Waals surface area (Å²) in [4.78, 5) is 9.09. The molecule has 7 nitrogen and oxygen atoms in total. The van der Waals surface area contributed by atoms with E-state index < -0.39 is 6.10 Å². The van der Waals surface area contributed by atoms with Crippen LogP contribution in [0.5, 0.6) is 11.5 Å². The first-order valence-corrected chi connectivity index (χ1v) is 11.3. The van der Waals surface area contributed by atoms with Gasteiger partial charge >= 0.3 is 0 Å². The Labute approximate surface area is 191 Å². The van der Waals surface area contributed by atoms with Gasteiger partial charge in [0.25, 0.3) is 0 Å². The molecule has 0 radical (unpaired) electrons. The van der Waals surface area contributed by atoms with Gasteiger partial charge in [-0.25, -0.2) is 4.98 Å². The first-order valence-electron chi connectivity index (χ1n) is 11.3. The predicted molar refractivity (Wildman–Crippen MR) is 127 cm³/mol. The standard InChI is InChI=1S/C25H36N4O3/c1-6-28(7-2)16-21(30)18-32-24-14-20(11-12-23(24)31-5)15-27(4)17-22-19(3)26-25-10-8-9-13-29(22)25/h8-14,21,30H,6-7,15-18H2,1-5H3/t21-/m1/s1. The van der Waals surface area contributed by atoms with E-state index in [0.29, 0.717) is 18.0 Å². The predicted octanol–water partition coefficient (Wildman–Crippen LogP) is 3.36. The highest BCUT2D eigenvalue weighted by molar-refractivity contribution is 5.44. The zero-order valence-electron chi connectivity index (χ0n) is 19.9. The highest BCUT2D eigenvalue weighted by Gasteiger charge is 2.14. The van der Waals surface area contributed by atoms with Crippen molar-refractivity contribution in [2.45, 2.75) is 40.0 Å². The van der Waals surface area contributed by atoms with E-state index in [9.17, 15) is 5.11 Å². The molecule has 0 fully saturated rings. The second-order valence-corrected chi connectivity index (χ2v) is 8.18. The van der Waals surface area contributed by atoms with Gasteiger partial charge in [0, 0.05) is 25.8 Å². The smallest absolute Gasteiger partial charge is 0.161 e. The molecular formula is C25H36N4O3. The van der Waals surface area contributed by atoms with Crippen LogP contribution < -0.4 is 9.47 Å². The summed E-state index contributed by atoms with van der Waals surface area (Å²) in [5, 5.41) is 10.4. The van der Waals surface area contributed by atoms with Gasteiger partial charge in [0.05, 0.1) is 18.5 Å². The molecule has 0 spiro atoms. The summed E-state index contributed by atoms with van der Waals surface area (Å²) in [6.07, 6.45) is 1.51. The van der Waals surface area contributed by atoms with Crippen LogP contribution in [0.1, 0.15) is 30.8 Å². The topological polar surface area (TPSA) is 62.5 Å². The number of hydrogen-bond acceptors (Lipinski definition) is 6. The number of aliphatic hydroxyl groups excluding tert-OH is 1. The lowest BCUT2D eigenvalue weighted by molar-refractivity contribution is 0.0705. The summed E-state index contributed by atoms with van der Waals surface area (Å²) in [5.41, 5.74) is 4.32. The van der Waals surface area contributed by atoms with Crippen molar-refractivity contribution >= 4 is 5.65 Å². The summed E-state index contributed by atoms with van der Waals surface area (Å²) in [6, 6.07) is 12.0. The lowest BCUT2D eigenvalue weighted by Gasteiger charge is -2.22. The maximum Gasteiger partial charge on any atom is 0.161 e. The van der Waals surface area contributed by atoms with E-state index in [0.717, 1.165) is 43.1 Å². The third-order valence-electron chi connectivity index (χ3n) is 5.72. The fourth-order valence-corrected chi connectivity index (χ4v) is 3.93. The molecule has 1 N–H and O–H groups in total. The molecule has 1 aromatic carbocycles. The van der Waals surface area contributed by atoms with Gasteiger partial charge in [0.2, 0.25) is 0 Å². The van der Waals surface area contributed by atoms with Crippen LogP contribution in [0.2, 0.25) is 0 Å². The second-order valence-electron chi connectivity index (χ2n) is 8.18. The van der Waals surface area contributed by atoms with Crippen LogP contribution in [0, 0.1) is 6.92 Å². The normalized spacial score (nSPS) is 12.6. The summed E-state index contributed by atoms with van der Waals surface area (Å²) in [5.74, 6) is 1.33. The number of aliphatic hydroxyl groups is 1. The highest BCUT2D eigenvalue weighted by Crippen LogP contribution is 2.29. The number of ether oxygens (including phenoxy) is 2. The molecule has 7 heteroatoms. The third kappa shape index (κ3) is 6.00. The molecule has 0 saturated carbocycles. The van der Waals surface area contributed by atoms with Gasteiger partial charge in [-0.15, -0.1) is 0 Å². The Morgan fingerprint density at radius 3 is 2.59 bits per heavy atom. The van der Waals surface area contributed by atoms with Crippen molar-refractivity contribution < 1.29 is 14.6 Å². The number of aromatic nitrogens is 2. The van der Waals surface area contributed by atoms with Crippen molar-refractivity contribution in [2.75, 3.05) is 40.4 Å². The number of fused-ring (bicyclic) bond motifs is 1. The Kier molecular flexibility index (Phi) is 8.50. The van der Waals surface area contributed by atoms with E-state index in [1.54, 1.807) is 7.11 Å². The Morgan fingerprint density at radius 2 is 1.88 bits per heavy atom. The SMILES string of the molecule is CCN(CC)C[C@@H](O)COc1cc(CN(C)Cc2c(C)nc3ccccn23)ccc1OC. The zero-order valence-corrected chi connectivity index (χ0v) is 19.9. The van der Waals surface area contributed by atoms with Crippen molar-refractivity contribution in [3.8, 4) is 11.5 Å². The molecule has 3 aromatic rings. The van der Waals surface area contributed by atoms with Crippen molar-refractivity contribution in [3.63, 3.8) is 0 Å². The molecule has 0 amide bonds. The molecule has 2 heterocycles. The van der Waals surface area contributed by atoms with E-state index in [1.165, 1.54) is 5.69 Å². The molecule has 1 atom stereocenters. The molecule has 0 aliphatic rings. The zero-order chi connectivity index (χ0) is 23.1. The van der Waals surface area contributed by atoms with E-state index in [1.807, 2.05) is 30.3 Å². The van der Waals surface area contributed by atoms with Crippen molar-refractivity contribution in [1.29, 1.82) is 0 Å². The minimum absolute atomic E-state index is 0.229. The second kappa shape index (κ2) is 11.3. The Balaban J connectivity index is 1.65. The summed E-state index contributed by atoms with van der Waals surface area (Å²) >= 11 is 0. The van der Waals surface area contributed by atoms with Crippen LogP contribution in [0.3, 0.4) is 0 Å². The van der Waals surface area contributed by atoms with E-state index in [4.69, 9.17) is 9.47 Å². The van der Waals surface area contributed by atoms with Gasteiger partial charge in [-0.2, -0.15) is 0 Å². The number of benzene rings is 1. The summed E-state index contributed by atoms with van der Waals surface area (Å²) < 4.78 is 13.6. The highest BCUT2D eigenvalue weighted by atomic mass is 16.5. The number of aryl methyl sites for hydroxylation is 1. The Bertz CT molecular complexity index is 1000. The number of likely N-dealkylation sites (N-methyl/N-ethyl adjacent to an activating group) is 1. The quantitative estimate of drug-likeness (QED) is 0.466. The largest absolute Gasteiger partial charge is 0.493 e. The molecule has 0 aliphatic carbocycles. The van der Waals surface area contributed by atoms with Crippen molar-refractivity contribution in [3.05, 3.63) is 59.5 Å². The number of hydrogen-bond donors (Lipinski definition) is 1. The van der Waals surface area contributed by atoms with E-state index in [2.05, 4.69) is 59.3 Å². The first kappa shape index (κ1) is 24.0. The maximum absolute atomic E-state index is 10.4. The number of imidazole rings is 1. The number of pyridine rings is 1. The van der Waals surface area contributed by atoms with Crippen LogP contribution in [0.15, 0.2) is 42.6 Å². The number of methoxy groups -OCH3 is 1. The number of rotatable bonds is 12. The molecule has 0 bridgehead atoms. The molecule has 32 heavy (non-hydrogen) atoms. The minimum Gasteiger partial charge on any atom is -0.493 e. The van der Waals surface area contributed by atoms with Crippen LogP contribution in [-0.2, 0) is 13.1 Å². The van der Waals surface area contributed by atoms with E-state index >= 15 is 0 Å². The fourth-order valence-electron chi connectivity index (χ4n) is 3.93. The average Bonchev–Trinajstić information content (AvgIpc) is 3.11. The van der Waals surface area contributed by atoms with Crippen molar-refractivity contribution in [1.82, 2.24) is 19.2 Å². The van der Waals surface area contributed by atoms with Gasteiger partial charge in [0.15, 0.2) is 11.5 Å². The third-order valence-corrected chi connectivity index (χ3v) is 5.72. The molecule has 0 aliphatic heterocycles. The monoisotopic (exact) mass is 440 g/mol. The first-order chi connectivity index (χ1) is 15.4. The molecule has 0 saturated heterocycles. The molecule has 3 rings (SSSR count). The van der Waals surface area contributed by atoms with Gasteiger partial charge in [-0.05, 0) is 56.9 Å². The van der Waals surface area contributed by atoms with Gasteiger partial charge in [-0.1, -0.05) is 26.0 Å². The minimum atomic E-state index is -0.552. The summed E-state index contributed by atoms with van der Waals surface area (Å²) in [7, 11) is 3.73. The van der Waals surface area contributed by atoms with Gasteiger partial charge in [-0.3, -0.25) is 4.90 Å². The Hall–Kier alpha value is -2.61. The van der Waals surface area contributed by atoms with Crippen LogP contribution in [0.4, 0.5) is 0 Å².